The second-order valence-corrected chi connectivity index (χ2v) is 5.75. The molecule has 0 aliphatic heterocycles. The lowest BCUT2D eigenvalue weighted by molar-refractivity contribution is 1.12. The molecular weight excluding hydrogens is 274 g/mol. The highest BCUT2D eigenvalue weighted by molar-refractivity contribution is 7.99. The molecule has 0 radical (unpaired) electrons. The fourth-order valence-electron chi connectivity index (χ4n) is 1.79. The van der Waals surface area contributed by atoms with Gasteiger partial charge in [-0.15, -0.1) is 0 Å². The second kappa shape index (κ2) is 6.65. The molecule has 19 heavy (non-hydrogen) atoms. The van der Waals surface area contributed by atoms with E-state index in [0.29, 0.717) is 11.4 Å². The van der Waals surface area contributed by atoms with Crippen LogP contribution in [0.5, 0.6) is 0 Å². The minimum absolute atomic E-state index is 0.356. The van der Waals surface area contributed by atoms with Crippen molar-refractivity contribution < 1.29 is 0 Å². The molecule has 0 unspecified atom stereocenters. The zero-order chi connectivity index (χ0) is 13.7. The number of aryl methyl sites for hydroxylation is 1. The maximum Gasteiger partial charge on any atom is 0.0670 e. The Labute approximate surface area is 123 Å². The monoisotopic (exact) mass is 287 g/mol. The molecule has 2 aromatic carbocycles. The van der Waals surface area contributed by atoms with Crippen LogP contribution in [0.25, 0.3) is 0 Å². The van der Waals surface area contributed by atoms with Crippen molar-refractivity contribution >= 4 is 23.4 Å². The molecule has 0 aliphatic carbocycles. The molecule has 2 aromatic rings. The summed E-state index contributed by atoms with van der Waals surface area (Å²) in [5, 5.41) is 9.36. The Morgan fingerprint density at radius 1 is 1.16 bits per heavy atom. The number of hydrogen-bond acceptors (Lipinski definition) is 2. The number of benzene rings is 2. The quantitative estimate of drug-likeness (QED) is 0.779. The van der Waals surface area contributed by atoms with E-state index in [4.69, 9.17) is 16.9 Å². The van der Waals surface area contributed by atoms with Gasteiger partial charge in [0, 0.05) is 14.8 Å². The maximum absolute atomic E-state index is 8.69. The standard InChI is InChI=1S/C16H14ClNS/c1-2-12-4-3-5-14(10-12)19-15-7-6-13(8-9-18)16(17)11-15/h3-7,10-11H,2,8H2,1H3. The van der Waals surface area contributed by atoms with Gasteiger partial charge in [0.05, 0.1) is 12.5 Å². The molecule has 0 heterocycles. The second-order valence-electron chi connectivity index (χ2n) is 4.19. The molecule has 0 aromatic heterocycles. The van der Waals surface area contributed by atoms with Gasteiger partial charge in [-0.05, 0) is 41.8 Å². The maximum atomic E-state index is 8.69. The topological polar surface area (TPSA) is 23.8 Å². The molecule has 2 rings (SSSR count). The van der Waals surface area contributed by atoms with Gasteiger partial charge in [-0.1, -0.05) is 48.5 Å². The van der Waals surface area contributed by atoms with Crippen LogP contribution in [-0.2, 0) is 12.8 Å². The Morgan fingerprint density at radius 3 is 2.63 bits per heavy atom. The van der Waals surface area contributed by atoms with Crippen LogP contribution in [0, 0.1) is 11.3 Å². The summed E-state index contributed by atoms with van der Waals surface area (Å²) in [7, 11) is 0. The van der Waals surface area contributed by atoms with Crippen molar-refractivity contribution in [1.82, 2.24) is 0 Å². The molecule has 0 saturated carbocycles. The summed E-state index contributed by atoms with van der Waals surface area (Å²) in [6.45, 7) is 2.15. The highest BCUT2D eigenvalue weighted by atomic mass is 35.5. The van der Waals surface area contributed by atoms with Crippen LogP contribution in [0.3, 0.4) is 0 Å². The van der Waals surface area contributed by atoms with Gasteiger partial charge in [-0.2, -0.15) is 5.26 Å². The summed E-state index contributed by atoms with van der Waals surface area (Å²) in [4.78, 5) is 2.31. The van der Waals surface area contributed by atoms with Crippen molar-refractivity contribution in [3.63, 3.8) is 0 Å². The molecule has 0 amide bonds. The van der Waals surface area contributed by atoms with Crippen LogP contribution < -0.4 is 0 Å². The van der Waals surface area contributed by atoms with Crippen molar-refractivity contribution in [2.45, 2.75) is 29.6 Å². The number of hydrogen-bond donors (Lipinski definition) is 0. The fraction of sp³-hybridized carbons (Fsp3) is 0.188. The molecule has 1 nitrogen and oxygen atoms in total. The predicted molar refractivity (Wildman–Crippen MR) is 80.7 cm³/mol. The lowest BCUT2D eigenvalue weighted by Gasteiger charge is -2.06. The first-order valence-electron chi connectivity index (χ1n) is 6.15. The Bertz CT molecular complexity index is 616. The highest BCUT2D eigenvalue weighted by Crippen LogP contribution is 2.31. The molecule has 0 spiro atoms. The first-order chi connectivity index (χ1) is 9.22. The van der Waals surface area contributed by atoms with Gasteiger partial charge < -0.3 is 0 Å². The number of nitriles is 1. The molecule has 3 heteroatoms. The van der Waals surface area contributed by atoms with E-state index < -0.39 is 0 Å². The first-order valence-corrected chi connectivity index (χ1v) is 7.34. The van der Waals surface area contributed by atoms with E-state index >= 15 is 0 Å². The van der Waals surface area contributed by atoms with Crippen molar-refractivity contribution in [3.05, 3.63) is 58.6 Å². The minimum Gasteiger partial charge on any atom is -0.198 e. The minimum atomic E-state index is 0.356. The third kappa shape index (κ3) is 3.76. The van der Waals surface area contributed by atoms with E-state index in [1.54, 1.807) is 11.8 Å². The molecular formula is C16H14ClNS. The van der Waals surface area contributed by atoms with Gasteiger partial charge in [-0.25, -0.2) is 0 Å². The Morgan fingerprint density at radius 2 is 1.95 bits per heavy atom. The molecule has 0 N–H and O–H groups in total. The van der Waals surface area contributed by atoms with Gasteiger partial charge in [0.2, 0.25) is 0 Å². The molecule has 0 aliphatic rings. The van der Waals surface area contributed by atoms with E-state index in [0.717, 1.165) is 16.9 Å². The number of rotatable bonds is 4. The lowest BCUT2D eigenvalue weighted by Crippen LogP contribution is -1.84. The third-order valence-electron chi connectivity index (χ3n) is 2.84. The van der Waals surface area contributed by atoms with Gasteiger partial charge in [-0.3, -0.25) is 0 Å². The fourth-order valence-corrected chi connectivity index (χ4v) is 3.04. The molecule has 0 atom stereocenters. The normalized spacial score (nSPS) is 10.2. The predicted octanol–water partition coefficient (Wildman–Crippen LogP) is 5.12. The summed E-state index contributed by atoms with van der Waals surface area (Å²) < 4.78 is 0. The smallest absolute Gasteiger partial charge is 0.0670 e. The molecule has 0 saturated heterocycles. The molecule has 0 fully saturated rings. The van der Waals surface area contributed by atoms with Crippen LogP contribution in [0.4, 0.5) is 0 Å². The highest BCUT2D eigenvalue weighted by Gasteiger charge is 2.03. The largest absolute Gasteiger partial charge is 0.198 e. The summed E-state index contributed by atoms with van der Waals surface area (Å²) >= 11 is 7.86. The van der Waals surface area contributed by atoms with Crippen molar-refractivity contribution in [1.29, 1.82) is 5.26 Å². The van der Waals surface area contributed by atoms with Crippen LogP contribution in [0.2, 0.25) is 5.02 Å². The van der Waals surface area contributed by atoms with E-state index in [-0.39, 0.29) is 0 Å². The van der Waals surface area contributed by atoms with Crippen LogP contribution in [0.15, 0.2) is 52.3 Å². The van der Waals surface area contributed by atoms with Gasteiger partial charge in [0.25, 0.3) is 0 Å². The third-order valence-corrected chi connectivity index (χ3v) is 4.17. The molecule has 0 bridgehead atoms. The Balaban J connectivity index is 2.19. The Kier molecular flexibility index (Phi) is 4.90. The van der Waals surface area contributed by atoms with Gasteiger partial charge in [0.1, 0.15) is 0 Å². The average Bonchev–Trinajstić information content (AvgIpc) is 2.42. The SMILES string of the molecule is CCc1cccc(Sc2ccc(CC#N)c(Cl)c2)c1. The summed E-state index contributed by atoms with van der Waals surface area (Å²) in [5.41, 5.74) is 2.22. The van der Waals surface area contributed by atoms with E-state index in [2.05, 4.69) is 37.3 Å². The van der Waals surface area contributed by atoms with Crippen LogP contribution in [0.1, 0.15) is 18.1 Å². The van der Waals surface area contributed by atoms with Gasteiger partial charge in [0.15, 0.2) is 0 Å². The summed E-state index contributed by atoms with van der Waals surface area (Å²) in [6.07, 6.45) is 1.39. The van der Waals surface area contributed by atoms with E-state index in [9.17, 15) is 0 Å². The van der Waals surface area contributed by atoms with Crippen LogP contribution >= 0.6 is 23.4 Å². The zero-order valence-electron chi connectivity index (χ0n) is 10.7. The van der Waals surface area contributed by atoms with Crippen molar-refractivity contribution in [3.8, 4) is 6.07 Å². The van der Waals surface area contributed by atoms with Crippen molar-refractivity contribution in [2.75, 3.05) is 0 Å². The zero-order valence-corrected chi connectivity index (χ0v) is 12.3. The summed E-state index contributed by atoms with van der Waals surface area (Å²) in [5.74, 6) is 0. The Hall–Kier alpha value is -1.43. The first kappa shape index (κ1) is 14.0. The van der Waals surface area contributed by atoms with Crippen LogP contribution in [-0.4, -0.2) is 0 Å². The summed E-state index contributed by atoms with van der Waals surface area (Å²) in [6, 6.07) is 16.5. The van der Waals surface area contributed by atoms with Gasteiger partial charge >= 0.3 is 0 Å². The van der Waals surface area contributed by atoms with Crippen molar-refractivity contribution in [2.24, 2.45) is 0 Å². The van der Waals surface area contributed by atoms with E-state index in [1.165, 1.54) is 10.5 Å². The number of nitrogens with zero attached hydrogens (tertiary/aromatic N) is 1. The van der Waals surface area contributed by atoms with E-state index in [1.807, 2.05) is 18.2 Å². The average molecular weight is 288 g/mol. The number of halogens is 1. The lowest BCUT2D eigenvalue weighted by atomic mass is 10.2. The molecule has 96 valence electrons.